The minimum absolute atomic E-state index is 0.0757. The molecule has 0 aliphatic carbocycles. The Morgan fingerprint density at radius 2 is 1.68 bits per heavy atom. The largest absolute Gasteiger partial charge is 0.487 e. The number of halogens is 3. The number of ether oxygens (including phenoxy) is 1. The predicted octanol–water partition coefficient (Wildman–Crippen LogP) is 3.30. The van der Waals surface area contributed by atoms with Crippen LogP contribution in [0.4, 0.5) is 13.2 Å². The summed E-state index contributed by atoms with van der Waals surface area (Å²) in [6.45, 7) is 4.10. The summed E-state index contributed by atoms with van der Waals surface area (Å²) in [4.78, 5) is 12.6. The van der Waals surface area contributed by atoms with Crippen LogP contribution in [0.5, 0.6) is 5.75 Å². The molecule has 10 heteroatoms. The first kappa shape index (κ1) is 21.9. The SMILES string of the molecule is CC(C)(C)COc1c(-c2ccc(S(C)(=O)=O)cc2)cnn(CC(F)(F)F)c1=O. The van der Waals surface area contributed by atoms with Crippen molar-refractivity contribution in [1.82, 2.24) is 9.78 Å². The van der Waals surface area contributed by atoms with Crippen LogP contribution in [0.15, 0.2) is 40.2 Å². The van der Waals surface area contributed by atoms with E-state index in [-0.39, 0.29) is 28.2 Å². The molecule has 0 radical (unpaired) electrons. The fourth-order valence-electron chi connectivity index (χ4n) is 2.27. The molecule has 0 saturated carbocycles. The van der Waals surface area contributed by atoms with Crippen molar-refractivity contribution in [3.63, 3.8) is 0 Å². The number of rotatable bonds is 5. The Hall–Kier alpha value is -2.36. The zero-order valence-electron chi connectivity index (χ0n) is 15.9. The van der Waals surface area contributed by atoms with E-state index in [4.69, 9.17) is 4.74 Å². The van der Waals surface area contributed by atoms with Crippen LogP contribution in [0.2, 0.25) is 0 Å². The molecule has 2 aromatic rings. The molecule has 154 valence electrons. The lowest BCUT2D eigenvalue weighted by Gasteiger charge is -2.20. The minimum Gasteiger partial charge on any atom is -0.487 e. The zero-order valence-corrected chi connectivity index (χ0v) is 16.7. The van der Waals surface area contributed by atoms with Crippen molar-refractivity contribution in [2.75, 3.05) is 12.9 Å². The van der Waals surface area contributed by atoms with E-state index in [2.05, 4.69) is 5.10 Å². The molecule has 28 heavy (non-hydrogen) atoms. The van der Waals surface area contributed by atoms with E-state index in [1.165, 1.54) is 24.3 Å². The highest BCUT2D eigenvalue weighted by Crippen LogP contribution is 2.29. The molecule has 0 amide bonds. The number of nitrogens with zero attached hydrogens (tertiary/aromatic N) is 2. The van der Waals surface area contributed by atoms with Gasteiger partial charge in [-0.1, -0.05) is 32.9 Å². The maximum Gasteiger partial charge on any atom is 0.408 e. The molecule has 6 nitrogen and oxygen atoms in total. The van der Waals surface area contributed by atoms with Crippen LogP contribution < -0.4 is 10.3 Å². The first-order valence-electron chi connectivity index (χ1n) is 8.27. The van der Waals surface area contributed by atoms with Gasteiger partial charge in [0.15, 0.2) is 15.6 Å². The van der Waals surface area contributed by atoms with Crippen molar-refractivity contribution in [3.8, 4) is 16.9 Å². The number of benzene rings is 1. The first-order valence-corrected chi connectivity index (χ1v) is 10.2. The summed E-state index contributed by atoms with van der Waals surface area (Å²) in [5.41, 5.74) is -0.763. The van der Waals surface area contributed by atoms with Crippen molar-refractivity contribution in [3.05, 3.63) is 40.8 Å². The molecule has 0 fully saturated rings. The fourth-order valence-corrected chi connectivity index (χ4v) is 2.90. The van der Waals surface area contributed by atoms with Crippen LogP contribution in [0, 0.1) is 5.41 Å². The molecular weight excluding hydrogens is 397 g/mol. The molecule has 0 aliphatic heterocycles. The molecule has 1 aromatic heterocycles. The normalized spacial score (nSPS) is 12.8. The third kappa shape index (κ3) is 5.82. The molecule has 0 aliphatic rings. The van der Waals surface area contributed by atoms with Gasteiger partial charge in [-0.3, -0.25) is 4.79 Å². The second-order valence-corrected chi connectivity index (χ2v) is 9.63. The summed E-state index contributed by atoms with van der Waals surface area (Å²) in [6.07, 6.45) is -2.45. The van der Waals surface area contributed by atoms with Crippen molar-refractivity contribution >= 4 is 9.84 Å². The monoisotopic (exact) mass is 418 g/mol. The topological polar surface area (TPSA) is 78.3 Å². The second kappa shape index (κ2) is 7.57. The number of alkyl halides is 3. The predicted molar refractivity (Wildman–Crippen MR) is 98.0 cm³/mol. The molecule has 0 saturated heterocycles. The molecule has 1 aromatic carbocycles. The van der Waals surface area contributed by atoms with Crippen LogP contribution in [0.25, 0.3) is 11.1 Å². The average molecular weight is 418 g/mol. The van der Waals surface area contributed by atoms with E-state index in [0.29, 0.717) is 10.2 Å². The van der Waals surface area contributed by atoms with Crippen LogP contribution in [-0.2, 0) is 16.4 Å². The van der Waals surface area contributed by atoms with Gasteiger partial charge in [0.2, 0.25) is 0 Å². The van der Waals surface area contributed by atoms with Gasteiger partial charge in [0.1, 0.15) is 6.54 Å². The Balaban J connectivity index is 2.56. The van der Waals surface area contributed by atoms with Crippen molar-refractivity contribution in [1.29, 1.82) is 0 Å². The van der Waals surface area contributed by atoms with Gasteiger partial charge in [-0.15, -0.1) is 0 Å². The Morgan fingerprint density at radius 1 is 1.11 bits per heavy atom. The highest BCUT2D eigenvalue weighted by molar-refractivity contribution is 7.90. The second-order valence-electron chi connectivity index (χ2n) is 7.61. The van der Waals surface area contributed by atoms with Gasteiger partial charge in [0.25, 0.3) is 0 Å². The molecule has 0 atom stereocenters. The summed E-state index contributed by atoms with van der Waals surface area (Å²) >= 11 is 0. The Kier molecular flexibility index (Phi) is 5.93. The standard InChI is InChI=1S/C18H21F3N2O4S/c1-17(2,3)11-27-15-14(9-22-23(16(15)24)10-18(19,20)21)12-5-7-13(8-6-12)28(4,25)26/h5-9H,10-11H2,1-4H3. The highest BCUT2D eigenvalue weighted by atomic mass is 32.2. The lowest BCUT2D eigenvalue weighted by molar-refractivity contribution is -0.143. The smallest absolute Gasteiger partial charge is 0.408 e. The summed E-state index contributed by atoms with van der Waals surface area (Å²) < 4.78 is 67.2. The summed E-state index contributed by atoms with van der Waals surface area (Å²) in [5, 5.41) is 3.60. The minimum atomic E-state index is -4.61. The lowest BCUT2D eigenvalue weighted by Crippen LogP contribution is -2.32. The third-order valence-electron chi connectivity index (χ3n) is 3.57. The van der Waals surface area contributed by atoms with Crippen LogP contribution >= 0.6 is 0 Å². The number of sulfone groups is 1. The summed E-state index contributed by atoms with van der Waals surface area (Å²) in [5.74, 6) is -0.263. The molecule has 1 heterocycles. The average Bonchev–Trinajstić information content (AvgIpc) is 2.53. The van der Waals surface area contributed by atoms with E-state index in [9.17, 15) is 26.4 Å². The Labute approximate surface area is 160 Å². The molecule has 0 unspecified atom stereocenters. The van der Waals surface area contributed by atoms with Crippen molar-refractivity contribution < 1.29 is 26.3 Å². The van der Waals surface area contributed by atoms with Gasteiger partial charge in [-0.2, -0.15) is 18.3 Å². The molecule has 0 spiro atoms. The fraction of sp³-hybridized carbons (Fsp3) is 0.444. The van der Waals surface area contributed by atoms with E-state index >= 15 is 0 Å². The summed E-state index contributed by atoms with van der Waals surface area (Å²) in [7, 11) is -3.41. The van der Waals surface area contributed by atoms with Gasteiger partial charge >= 0.3 is 11.7 Å². The van der Waals surface area contributed by atoms with E-state index in [0.717, 1.165) is 12.5 Å². The quantitative estimate of drug-likeness (QED) is 0.745. The van der Waals surface area contributed by atoms with Gasteiger partial charge in [-0.25, -0.2) is 13.1 Å². The van der Waals surface area contributed by atoms with Crippen LogP contribution in [-0.4, -0.2) is 37.2 Å². The lowest BCUT2D eigenvalue weighted by atomic mass is 9.98. The van der Waals surface area contributed by atoms with Gasteiger partial charge in [0.05, 0.1) is 17.7 Å². The van der Waals surface area contributed by atoms with E-state index < -0.39 is 28.1 Å². The number of hydrogen-bond acceptors (Lipinski definition) is 5. The zero-order chi connectivity index (χ0) is 21.3. The maximum absolute atomic E-state index is 12.7. The Morgan fingerprint density at radius 3 is 2.14 bits per heavy atom. The van der Waals surface area contributed by atoms with E-state index in [1.54, 1.807) is 0 Å². The van der Waals surface area contributed by atoms with Crippen molar-refractivity contribution in [2.24, 2.45) is 5.41 Å². The van der Waals surface area contributed by atoms with E-state index in [1.807, 2.05) is 20.8 Å². The number of aromatic nitrogens is 2. The number of hydrogen-bond donors (Lipinski definition) is 0. The summed E-state index contributed by atoms with van der Waals surface area (Å²) in [6, 6.07) is 5.59. The molecule has 0 bridgehead atoms. The van der Waals surface area contributed by atoms with Gasteiger partial charge in [0, 0.05) is 11.8 Å². The van der Waals surface area contributed by atoms with Gasteiger partial charge in [-0.05, 0) is 23.1 Å². The molecular formula is C18H21F3N2O4S. The van der Waals surface area contributed by atoms with Crippen LogP contribution in [0.1, 0.15) is 20.8 Å². The first-order chi connectivity index (χ1) is 12.7. The molecule has 0 N–H and O–H groups in total. The van der Waals surface area contributed by atoms with Crippen molar-refractivity contribution in [2.45, 2.75) is 38.4 Å². The Bertz CT molecular complexity index is 1010. The van der Waals surface area contributed by atoms with Crippen LogP contribution in [0.3, 0.4) is 0 Å². The maximum atomic E-state index is 12.7. The van der Waals surface area contributed by atoms with Gasteiger partial charge < -0.3 is 4.74 Å². The third-order valence-corrected chi connectivity index (χ3v) is 4.70. The molecule has 2 rings (SSSR count). The highest BCUT2D eigenvalue weighted by Gasteiger charge is 2.30.